The summed E-state index contributed by atoms with van der Waals surface area (Å²) in [6.45, 7) is 4.04. The molecule has 1 aliphatic rings. The molecule has 0 saturated carbocycles. The van der Waals surface area contributed by atoms with E-state index in [0.717, 1.165) is 23.4 Å². The number of carboxylic acids is 1. The van der Waals surface area contributed by atoms with Crippen molar-refractivity contribution in [2.24, 2.45) is 5.41 Å². The molecule has 0 aliphatic carbocycles. The van der Waals surface area contributed by atoms with E-state index in [4.69, 9.17) is 4.74 Å². The largest absolute Gasteiger partial charge is 0.487 e. The molecule has 2 N–H and O–H groups in total. The summed E-state index contributed by atoms with van der Waals surface area (Å²) in [6, 6.07) is 13.6. The van der Waals surface area contributed by atoms with Gasteiger partial charge in [0.2, 0.25) is 0 Å². The van der Waals surface area contributed by atoms with E-state index in [1.54, 1.807) is 6.20 Å². The number of β-amino-alcohol motifs (C(OH)–C–C–N with tert-alkyl or cyclic N) is 1. The van der Waals surface area contributed by atoms with Crippen LogP contribution in [0.15, 0.2) is 48.7 Å². The fraction of sp³-hybridized carbons (Fsp3) is 0.455. The molecule has 150 valence electrons. The summed E-state index contributed by atoms with van der Waals surface area (Å²) >= 11 is 0. The number of aliphatic carboxylic acids is 1. The molecule has 0 amide bonds. The first kappa shape index (κ1) is 20.3. The van der Waals surface area contributed by atoms with Gasteiger partial charge in [0.1, 0.15) is 12.4 Å². The third kappa shape index (κ3) is 4.69. The quantitative estimate of drug-likeness (QED) is 0.728. The average molecular weight is 384 g/mol. The number of aliphatic hydroxyl groups excluding tert-OH is 1. The topological polar surface area (TPSA) is 82.9 Å². The van der Waals surface area contributed by atoms with E-state index in [0.29, 0.717) is 39.1 Å². The number of pyridine rings is 1. The first-order valence-electron chi connectivity index (χ1n) is 9.79. The van der Waals surface area contributed by atoms with Crippen LogP contribution in [0.3, 0.4) is 0 Å². The Bertz CT molecular complexity index is 783. The molecule has 3 rings (SSSR count). The predicted molar refractivity (Wildman–Crippen MR) is 106 cm³/mol. The zero-order chi connectivity index (χ0) is 20.0. The van der Waals surface area contributed by atoms with Gasteiger partial charge in [0.15, 0.2) is 0 Å². The Hall–Kier alpha value is -2.44. The number of rotatable bonds is 8. The van der Waals surface area contributed by atoms with Gasteiger partial charge in [0, 0.05) is 19.3 Å². The molecule has 1 fully saturated rings. The highest BCUT2D eigenvalue weighted by molar-refractivity contribution is 5.75. The Kier molecular flexibility index (Phi) is 6.65. The average Bonchev–Trinajstić information content (AvgIpc) is 2.69. The molecule has 2 aromatic rings. The Morgan fingerprint density at radius 2 is 2.18 bits per heavy atom. The summed E-state index contributed by atoms with van der Waals surface area (Å²) in [4.78, 5) is 18.1. The zero-order valence-electron chi connectivity index (χ0n) is 16.3. The van der Waals surface area contributed by atoms with Gasteiger partial charge in [-0.15, -0.1) is 0 Å². The smallest absolute Gasteiger partial charge is 0.312 e. The van der Waals surface area contributed by atoms with Crippen molar-refractivity contribution < 1.29 is 19.7 Å². The number of carbonyl (C=O) groups is 1. The van der Waals surface area contributed by atoms with E-state index < -0.39 is 17.5 Å². The third-order valence-electron chi connectivity index (χ3n) is 5.48. The maximum Gasteiger partial charge on any atom is 0.312 e. The lowest BCUT2D eigenvalue weighted by Gasteiger charge is -2.42. The van der Waals surface area contributed by atoms with Crippen molar-refractivity contribution in [3.05, 3.63) is 59.9 Å². The van der Waals surface area contributed by atoms with E-state index >= 15 is 0 Å². The molecule has 0 radical (unpaired) electrons. The van der Waals surface area contributed by atoms with Gasteiger partial charge in [-0.3, -0.25) is 14.7 Å². The molecule has 1 aromatic carbocycles. The Balaban J connectivity index is 1.59. The van der Waals surface area contributed by atoms with Gasteiger partial charge in [-0.05, 0) is 49.2 Å². The molecule has 2 heterocycles. The van der Waals surface area contributed by atoms with Crippen LogP contribution in [0.25, 0.3) is 0 Å². The second kappa shape index (κ2) is 9.17. The van der Waals surface area contributed by atoms with E-state index in [2.05, 4.69) is 9.88 Å². The van der Waals surface area contributed by atoms with Crippen LogP contribution in [0, 0.1) is 5.41 Å². The molecular formula is C22H28N2O4. The number of carboxylic acid groups (broad SMARTS) is 1. The number of nitrogens with zero attached hydrogens (tertiary/aromatic N) is 2. The molecule has 2 atom stereocenters. The number of aliphatic hydroxyl groups is 1. The highest BCUT2D eigenvalue weighted by Crippen LogP contribution is 2.37. The Labute approximate surface area is 165 Å². The van der Waals surface area contributed by atoms with Crippen molar-refractivity contribution in [1.82, 2.24) is 9.88 Å². The number of hydrogen-bond acceptors (Lipinski definition) is 5. The van der Waals surface area contributed by atoms with Crippen molar-refractivity contribution in [3.8, 4) is 5.75 Å². The fourth-order valence-electron chi connectivity index (χ4n) is 3.91. The molecule has 6 heteroatoms. The van der Waals surface area contributed by atoms with Gasteiger partial charge in [-0.2, -0.15) is 0 Å². The van der Waals surface area contributed by atoms with Crippen LogP contribution in [-0.4, -0.2) is 45.3 Å². The van der Waals surface area contributed by atoms with Crippen molar-refractivity contribution in [2.75, 3.05) is 13.1 Å². The van der Waals surface area contributed by atoms with E-state index in [9.17, 15) is 15.0 Å². The van der Waals surface area contributed by atoms with Crippen molar-refractivity contribution in [2.45, 2.75) is 45.4 Å². The van der Waals surface area contributed by atoms with Crippen molar-refractivity contribution >= 4 is 5.97 Å². The van der Waals surface area contributed by atoms with Gasteiger partial charge in [-0.1, -0.05) is 31.5 Å². The molecular weight excluding hydrogens is 356 g/mol. The highest BCUT2D eigenvalue weighted by Gasteiger charge is 2.47. The monoisotopic (exact) mass is 384 g/mol. The maximum atomic E-state index is 11.8. The summed E-state index contributed by atoms with van der Waals surface area (Å²) in [7, 11) is 0. The Morgan fingerprint density at radius 1 is 1.32 bits per heavy atom. The van der Waals surface area contributed by atoms with Gasteiger partial charge in [0.25, 0.3) is 0 Å². The number of likely N-dealkylation sites (tertiary alicyclic amines) is 1. The van der Waals surface area contributed by atoms with Crippen LogP contribution < -0.4 is 4.74 Å². The molecule has 0 spiro atoms. The maximum absolute atomic E-state index is 11.8. The molecule has 1 saturated heterocycles. The molecule has 0 bridgehead atoms. The zero-order valence-corrected chi connectivity index (χ0v) is 16.3. The first-order chi connectivity index (χ1) is 13.5. The fourth-order valence-corrected chi connectivity index (χ4v) is 3.91. The second-order valence-electron chi connectivity index (χ2n) is 7.47. The van der Waals surface area contributed by atoms with Gasteiger partial charge >= 0.3 is 5.97 Å². The third-order valence-corrected chi connectivity index (χ3v) is 5.48. The molecule has 28 heavy (non-hydrogen) atoms. The lowest BCUT2D eigenvalue weighted by Crippen LogP contribution is -2.54. The lowest BCUT2D eigenvalue weighted by molar-refractivity contribution is -0.164. The van der Waals surface area contributed by atoms with Gasteiger partial charge in [-0.25, -0.2) is 0 Å². The summed E-state index contributed by atoms with van der Waals surface area (Å²) in [6.07, 6.45) is 2.61. The summed E-state index contributed by atoms with van der Waals surface area (Å²) in [5.74, 6) is -0.113. The number of hydrogen-bond donors (Lipinski definition) is 2. The minimum atomic E-state index is -1.01. The number of aromatic nitrogens is 1. The van der Waals surface area contributed by atoms with Crippen LogP contribution in [-0.2, 0) is 17.9 Å². The van der Waals surface area contributed by atoms with Crippen LogP contribution >= 0.6 is 0 Å². The summed E-state index contributed by atoms with van der Waals surface area (Å²) in [5, 5.41) is 20.2. The van der Waals surface area contributed by atoms with Crippen LogP contribution in [0.4, 0.5) is 0 Å². The van der Waals surface area contributed by atoms with E-state index in [1.807, 2.05) is 49.4 Å². The second-order valence-corrected chi connectivity index (χ2v) is 7.47. The number of piperidine rings is 1. The normalized spacial score (nSPS) is 22.7. The standard InChI is InChI=1S/C22H28N2O4/c1-2-9-22(21(26)27)10-12-24(15-20(22)25)14-17-6-5-8-19(13-17)28-16-18-7-3-4-11-23-18/h3-8,11,13,20,25H,2,9-10,12,14-16H2,1H3,(H,26,27)/t20-,22+/m1/s1. The van der Waals surface area contributed by atoms with Gasteiger partial charge in [0.05, 0.1) is 17.2 Å². The van der Waals surface area contributed by atoms with E-state index in [-0.39, 0.29) is 0 Å². The molecule has 0 unspecified atom stereocenters. The van der Waals surface area contributed by atoms with Crippen LogP contribution in [0.2, 0.25) is 0 Å². The minimum Gasteiger partial charge on any atom is -0.487 e. The van der Waals surface area contributed by atoms with Crippen molar-refractivity contribution in [3.63, 3.8) is 0 Å². The Morgan fingerprint density at radius 3 is 2.86 bits per heavy atom. The lowest BCUT2D eigenvalue weighted by atomic mass is 9.73. The minimum absolute atomic E-state index is 0.366. The molecule has 1 aromatic heterocycles. The van der Waals surface area contributed by atoms with Crippen LogP contribution in [0.5, 0.6) is 5.75 Å². The van der Waals surface area contributed by atoms with Crippen molar-refractivity contribution in [1.29, 1.82) is 0 Å². The van der Waals surface area contributed by atoms with Gasteiger partial charge < -0.3 is 14.9 Å². The van der Waals surface area contributed by atoms with Crippen LogP contribution in [0.1, 0.15) is 37.4 Å². The number of ether oxygens (including phenoxy) is 1. The summed E-state index contributed by atoms with van der Waals surface area (Å²) in [5.41, 5.74) is 0.927. The number of benzene rings is 1. The SMILES string of the molecule is CCC[C@]1(C(=O)O)CCN(Cc2cccc(OCc3ccccn3)c2)C[C@H]1O. The first-order valence-corrected chi connectivity index (χ1v) is 9.79. The highest BCUT2D eigenvalue weighted by atomic mass is 16.5. The molecule has 6 nitrogen and oxygen atoms in total. The van der Waals surface area contributed by atoms with E-state index in [1.165, 1.54) is 0 Å². The molecule has 1 aliphatic heterocycles. The summed E-state index contributed by atoms with van der Waals surface area (Å²) < 4.78 is 5.83. The predicted octanol–water partition coefficient (Wildman–Crippen LogP) is 3.10.